The second kappa shape index (κ2) is 3.24. The lowest BCUT2D eigenvalue weighted by molar-refractivity contribution is 0.373. The highest BCUT2D eigenvalue weighted by molar-refractivity contribution is 7.93. The molecule has 2 atom stereocenters. The average Bonchev–Trinajstić information content (AvgIpc) is 2.53. The van der Waals surface area contributed by atoms with Crippen molar-refractivity contribution in [3.8, 4) is 0 Å². The highest BCUT2D eigenvalue weighted by Crippen LogP contribution is 2.31. The maximum atomic E-state index is 12.1. The Morgan fingerprint density at radius 1 is 1.38 bits per heavy atom. The predicted molar refractivity (Wildman–Crippen MR) is 55.4 cm³/mol. The Kier molecular flexibility index (Phi) is 2.36. The third kappa shape index (κ3) is 1.74. The van der Waals surface area contributed by atoms with Gasteiger partial charge in [-0.2, -0.15) is 0 Å². The monoisotopic (exact) mass is 202 g/mol. The summed E-state index contributed by atoms with van der Waals surface area (Å²) in [7, 11) is -0.153. The van der Waals surface area contributed by atoms with Crippen LogP contribution in [-0.2, 0) is 9.73 Å². The van der Waals surface area contributed by atoms with Crippen LogP contribution in [-0.4, -0.2) is 34.8 Å². The summed E-state index contributed by atoms with van der Waals surface area (Å²) >= 11 is 0. The van der Waals surface area contributed by atoms with Crippen molar-refractivity contribution < 1.29 is 4.21 Å². The maximum absolute atomic E-state index is 12.1. The third-order valence-electron chi connectivity index (χ3n) is 3.29. The summed E-state index contributed by atoms with van der Waals surface area (Å²) in [6.07, 6.45) is 4.70. The molecule has 0 amide bonds. The molecular weight excluding hydrogens is 184 g/mol. The number of rotatable bonds is 0. The van der Waals surface area contributed by atoms with Crippen LogP contribution in [0.15, 0.2) is 4.36 Å². The summed E-state index contributed by atoms with van der Waals surface area (Å²) in [5.41, 5.74) is 0.189. The van der Waals surface area contributed by atoms with Gasteiger partial charge in [0.15, 0.2) is 0 Å². The molecule has 0 aromatic carbocycles. The molecule has 76 valence electrons. The maximum Gasteiger partial charge on any atom is 0.0500 e. The van der Waals surface area contributed by atoms with E-state index in [1.54, 1.807) is 7.05 Å². The fourth-order valence-electron chi connectivity index (χ4n) is 2.57. The first-order chi connectivity index (χ1) is 6.18. The van der Waals surface area contributed by atoms with Crippen LogP contribution in [0.2, 0.25) is 0 Å². The van der Waals surface area contributed by atoms with Crippen LogP contribution in [0.25, 0.3) is 0 Å². The van der Waals surface area contributed by atoms with Crippen molar-refractivity contribution in [3.63, 3.8) is 0 Å². The zero-order valence-corrected chi connectivity index (χ0v) is 9.03. The minimum atomic E-state index is -1.86. The fourth-order valence-corrected chi connectivity index (χ4v) is 4.88. The quantitative estimate of drug-likeness (QED) is 0.636. The molecule has 0 radical (unpaired) electrons. The van der Waals surface area contributed by atoms with E-state index in [0.717, 1.165) is 24.5 Å². The van der Waals surface area contributed by atoms with Crippen LogP contribution in [0.5, 0.6) is 0 Å². The molecule has 2 saturated heterocycles. The van der Waals surface area contributed by atoms with Gasteiger partial charge in [-0.3, -0.25) is 0 Å². The van der Waals surface area contributed by atoms with Gasteiger partial charge in [0.25, 0.3) is 0 Å². The first-order valence-corrected chi connectivity index (χ1v) is 6.89. The second-order valence-corrected chi connectivity index (χ2v) is 6.83. The Morgan fingerprint density at radius 2 is 2.15 bits per heavy atom. The standard InChI is InChI=1S/C9H18N2OS/c1-10-13(12)7-3-5-9(8-13)4-2-6-11-9/h11H,2-8H2,1H3. The molecule has 2 fully saturated rings. The van der Waals surface area contributed by atoms with E-state index in [0.29, 0.717) is 0 Å². The van der Waals surface area contributed by atoms with Gasteiger partial charge in [-0.25, -0.2) is 8.57 Å². The molecule has 1 N–H and O–H groups in total. The SMILES string of the molecule is CN=S1(=O)CCCC2(CCCN2)C1. The lowest BCUT2D eigenvalue weighted by atomic mass is 9.94. The molecular formula is C9H18N2OS. The number of hydrogen-bond acceptors (Lipinski definition) is 3. The van der Waals surface area contributed by atoms with Crippen LogP contribution < -0.4 is 5.32 Å². The van der Waals surface area contributed by atoms with E-state index in [1.165, 1.54) is 19.3 Å². The van der Waals surface area contributed by atoms with Crippen molar-refractivity contribution in [2.45, 2.75) is 31.2 Å². The number of nitrogens with one attached hydrogen (secondary N) is 1. The molecule has 0 aromatic heterocycles. The minimum Gasteiger partial charge on any atom is -0.310 e. The van der Waals surface area contributed by atoms with Crippen LogP contribution in [0.1, 0.15) is 25.7 Å². The van der Waals surface area contributed by atoms with Gasteiger partial charge in [-0.1, -0.05) is 0 Å². The summed E-state index contributed by atoms with van der Waals surface area (Å²) in [4.78, 5) is 0. The molecule has 0 aromatic rings. The minimum absolute atomic E-state index is 0.189. The van der Waals surface area contributed by atoms with Crippen LogP contribution in [0.3, 0.4) is 0 Å². The molecule has 2 aliphatic rings. The lowest BCUT2D eigenvalue weighted by Crippen LogP contribution is -2.49. The van der Waals surface area contributed by atoms with Gasteiger partial charge in [-0.15, -0.1) is 0 Å². The van der Waals surface area contributed by atoms with Crippen molar-refractivity contribution in [3.05, 3.63) is 0 Å². The molecule has 0 saturated carbocycles. The Bertz CT molecular complexity index is 299. The van der Waals surface area contributed by atoms with Gasteiger partial charge in [-0.05, 0) is 32.2 Å². The fraction of sp³-hybridized carbons (Fsp3) is 1.00. The summed E-state index contributed by atoms with van der Waals surface area (Å²) in [6, 6.07) is 0. The molecule has 2 rings (SSSR count). The summed E-state index contributed by atoms with van der Waals surface area (Å²) in [5, 5.41) is 3.52. The second-order valence-electron chi connectivity index (χ2n) is 4.22. The van der Waals surface area contributed by atoms with Gasteiger partial charge >= 0.3 is 0 Å². The van der Waals surface area contributed by atoms with Gasteiger partial charge in [0.2, 0.25) is 0 Å². The molecule has 4 heteroatoms. The smallest absolute Gasteiger partial charge is 0.0500 e. The van der Waals surface area contributed by atoms with Crippen molar-refractivity contribution in [1.29, 1.82) is 0 Å². The summed E-state index contributed by atoms with van der Waals surface area (Å²) in [5.74, 6) is 1.60. The van der Waals surface area contributed by atoms with Gasteiger partial charge in [0.05, 0.1) is 0 Å². The summed E-state index contributed by atoms with van der Waals surface area (Å²) < 4.78 is 16.2. The first-order valence-electron chi connectivity index (χ1n) is 5.04. The predicted octanol–water partition coefficient (Wildman–Crippen LogP) is 1.00. The zero-order chi connectivity index (χ0) is 9.36. The van der Waals surface area contributed by atoms with Gasteiger partial charge in [0.1, 0.15) is 0 Å². The summed E-state index contributed by atoms with van der Waals surface area (Å²) in [6.45, 7) is 1.10. The van der Waals surface area contributed by atoms with E-state index >= 15 is 0 Å². The number of nitrogens with zero attached hydrogens (tertiary/aromatic N) is 1. The Labute approximate surface area is 80.5 Å². The van der Waals surface area contributed by atoms with E-state index < -0.39 is 9.73 Å². The van der Waals surface area contributed by atoms with Crippen molar-refractivity contribution >= 4 is 9.73 Å². The highest BCUT2D eigenvalue weighted by atomic mass is 32.2. The molecule has 2 aliphatic heterocycles. The zero-order valence-electron chi connectivity index (χ0n) is 8.21. The van der Waals surface area contributed by atoms with E-state index in [2.05, 4.69) is 9.68 Å². The lowest BCUT2D eigenvalue weighted by Gasteiger charge is -2.35. The number of hydrogen-bond donors (Lipinski definition) is 1. The Morgan fingerprint density at radius 3 is 2.77 bits per heavy atom. The largest absolute Gasteiger partial charge is 0.310 e. The molecule has 13 heavy (non-hydrogen) atoms. The van der Waals surface area contributed by atoms with E-state index in [-0.39, 0.29) is 5.54 Å². The highest BCUT2D eigenvalue weighted by Gasteiger charge is 2.39. The Hall–Kier alpha value is -0.0900. The van der Waals surface area contributed by atoms with Crippen molar-refractivity contribution in [1.82, 2.24) is 5.32 Å². The Balaban J connectivity index is 2.21. The average molecular weight is 202 g/mol. The first kappa shape index (κ1) is 9.46. The van der Waals surface area contributed by atoms with E-state index in [9.17, 15) is 4.21 Å². The molecule has 2 unspecified atom stereocenters. The van der Waals surface area contributed by atoms with E-state index in [1.807, 2.05) is 0 Å². The van der Waals surface area contributed by atoms with Gasteiger partial charge < -0.3 is 5.32 Å². The molecule has 0 bridgehead atoms. The van der Waals surface area contributed by atoms with Crippen molar-refractivity contribution in [2.75, 3.05) is 25.1 Å². The van der Waals surface area contributed by atoms with Crippen LogP contribution >= 0.6 is 0 Å². The molecule has 1 spiro atoms. The van der Waals surface area contributed by atoms with Crippen LogP contribution in [0, 0.1) is 0 Å². The molecule has 0 aliphatic carbocycles. The van der Waals surface area contributed by atoms with Crippen molar-refractivity contribution in [2.24, 2.45) is 4.36 Å². The molecule has 2 heterocycles. The third-order valence-corrected chi connectivity index (χ3v) is 5.88. The normalized spacial score (nSPS) is 45.3. The van der Waals surface area contributed by atoms with Gasteiger partial charge in [0, 0.05) is 33.8 Å². The topological polar surface area (TPSA) is 41.5 Å². The molecule has 3 nitrogen and oxygen atoms in total. The van der Waals surface area contributed by atoms with Crippen LogP contribution in [0.4, 0.5) is 0 Å². The van der Waals surface area contributed by atoms with E-state index in [4.69, 9.17) is 0 Å².